The molecule has 4 heterocycles. The summed E-state index contributed by atoms with van der Waals surface area (Å²) in [5.74, 6) is 1.58. The molecule has 5 heteroatoms. The number of para-hydroxylation sites is 1. The molecule has 1 atom stereocenters. The highest BCUT2D eigenvalue weighted by molar-refractivity contribution is 5.80. The topological polar surface area (TPSA) is 46.5 Å². The first-order valence-electron chi connectivity index (χ1n) is 9.07. The number of ether oxygens (including phenoxy) is 1. The maximum absolute atomic E-state index is 12.7. The van der Waals surface area contributed by atoms with Crippen molar-refractivity contribution in [3.05, 3.63) is 42.7 Å². The first-order valence-corrected chi connectivity index (χ1v) is 9.07. The molecule has 3 fully saturated rings. The Kier molecular flexibility index (Phi) is 4.49. The molecule has 1 amide bonds. The summed E-state index contributed by atoms with van der Waals surface area (Å²) in [5.41, 5.74) is 1.98. The van der Waals surface area contributed by atoms with E-state index in [1.165, 1.54) is 25.9 Å². The van der Waals surface area contributed by atoms with Crippen LogP contribution in [0.5, 0.6) is 5.75 Å². The number of benzene rings is 1. The SMILES string of the molecule is COc1ccccc1-c1ccn(C(=O)NC2CC3CCN(CC3)C2)c1. The summed E-state index contributed by atoms with van der Waals surface area (Å²) < 4.78 is 7.06. The van der Waals surface area contributed by atoms with Crippen LogP contribution in [0.2, 0.25) is 0 Å². The van der Waals surface area contributed by atoms with Gasteiger partial charge in [-0.15, -0.1) is 0 Å². The fourth-order valence-electron chi connectivity index (χ4n) is 4.11. The van der Waals surface area contributed by atoms with Gasteiger partial charge in [-0.1, -0.05) is 18.2 Å². The minimum Gasteiger partial charge on any atom is -0.496 e. The van der Waals surface area contributed by atoms with E-state index in [-0.39, 0.29) is 12.1 Å². The summed E-state index contributed by atoms with van der Waals surface area (Å²) in [6.45, 7) is 3.33. The molecule has 132 valence electrons. The van der Waals surface area contributed by atoms with Gasteiger partial charge in [-0.05, 0) is 50.4 Å². The second kappa shape index (κ2) is 6.92. The number of methoxy groups -OCH3 is 1. The van der Waals surface area contributed by atoms with E-state index in [1.54, 1.807) is 11.7 Å². The lowest BCUT2D eigenvalue weighted by Gasteiger charge is -2.26. The molecule has 0 spiro atoms. The van der Waals surface area contributed by atoms with Gasteiger partial charge in [0.05, 0.1) is 7.11 Å². The molecule has 0 saturated carbocycles. The van der Waals surface area contributed by atoms with Gasteiger partial charge >= 0.3 is 6.03 Å². The van der Waals surface area contributed by atoms with E-state index < -0.39 is 0 Å². The van der Waals surface area contributed by atoms with Gasteiger partial charge in [0, 0.05) is 36.1 Å². The van der Waals surface area contributed by atoms with Gasteiger partial charge in [0.25, 0.3) is 0 Å². The molecule has 2 bridgehead atoms. The van der Waals surface area contributed by atoms with Crippen molar-refractivity contribution >= 4 is 6.03 Å². The number of amides is 1. The van der Waals surface area contributed by atoms with Crippen molar-refractivity contribution in [3.63, 3.8) is 0 Å². The molecule has 5 nitrogen and oxygen atoms in total. The van der Waals surface area contributed by atoms with Crippen LogP contribution < -0.4 is 10.1 Å². The van der Waals surface area contributed by atoms with E-state index >= 15 is 0 Å². The first kappa shape index (κ1) is 16.2. The van der Waals surface area contributed by atoms with E-state index in [1.807, 2.05) is 42.7 Å². The van der Waals surface area contributed by atoms with Gasteiger partial charge in [-0.2, -0.15) is 0 Å². The molecule has 3 aliphatic heterocycles. The molecular formula is C20H25N3O2. The van der Waals surface area contributed by atoms with Crippen LogP contribution in [-0.2, 0) is 0 Å². The second-order valence-corrected chi connectivity index (χ2v) is 7.13. The zero-order chi connectivity index (χ0) is 17.2. The standard InChI is InChI=1S/C20H25N3O2/c1-25-19-5-3-2-4-18(19)16-8-11-23(13-16)20(24)21-17-12-15-6-9-22(14-17)10-7-15/h2-5,8,11,13,15,17H,6-7,9-10,12,14H2,1H3,(H,21,24). The quantitative estimate of drug-likeness (QED) is 0.934. The lowest BCUT2D eigenvalue weighted by atomic mass is 9.94. The number of carbonyl (C=O) groups is 1. The monoisotopic (exact) mass is 339 g/mol. The minimum atomic E-state index is -0.0475. The Morgan fingerprint density at radius 1 is 1.20 bits per heavy atom. The minimum absolute atomic E-state index is 0.0475. The van der Waals surface area contributed by atoms with Crippen LogP contribution in [0, 0.1) is 5.92 Å². The van der Waals surface area contributed by atoms with Crippen molar-refractivity contribution in [2.24, 2.45) is 5.92 Å². The van der Waals surface area contributed by atoms with Crippen LogP contribution in [0.15, 0.2) is 42.7 Å². The predicted octanol–water partition coefficient (Wildman–Crippen LogP) is 3.21. The highest BCUT2D eigenvalue weighted by Crippen LogP contribution is 2.30. The van der Waals surface area contributed by atoms with E-state index in [0.717, 1.165) is 35.8 Å². The van der Waals surface area contributed by atoms with Crippen molar-refractivity contribution in [2.75, 3.05) is 26.7 Å². The molecule has 1 N–H and O–H groups in total. The van der Waals surface area contributed by atoms with Crippen LogP contribution in [0.4, 0.5) is 4.79 Å². The summed E-state index contributed by atoms with van der Waals surface area (Å²) in [6.07, 6.45) is 7.34. The Labute approximate surface area is 148 Å². The van der Waals surface area contributed by atoms with Crippen molar-refractivity contribution < 1.29 is 9.53 Å². The number of nitrogens with one attached hydrogen (secondary N) is 1. The summed E-state index contributed by atoms with van der Waals surface area (Å²) in [5, 5.41) is 3.22. The Morgan fingerprint density at radius 3 is 2.80 bits per heavy atom. The Hall–Kier alpha value is -2.27. The van der Waals surface area contributed by atoms with E-state index in [9.17, 15) is 4.79 Å². The third kappa shape index (κ3) is 3.42. The highest BCUT2D eigenvalue weighted by Gasteiger charge is 2.30. The summed E-state index contributed by atoms with van der Waals surface area (Å²) in [6, 6.07) is 10.0. The van der Waals surface area contributed by atoms with Gasteiger partial charge in [0.2, 0.25) is 0 Å². The molecule has 1 aromatic heterocycles. The van der Waals surface area contributed by atoms with Crippen molar-refractivity contribution in [2.45, 2.75) is 25.3 Å². The van der Waals surface area contributed by atoms with Gasteiger partial charge in [0.15, 0.2) is 0 Å². The van der Waals surface area contributed by atoms with Crippen LogP contribution >= 0.6 is 0 Å². The van der Waals surface area contributed by atoms with Gasteiger partial charge in [0.1, 0.15) is 5.75 Å². The molecule has 3 aliphatic rings. The second-order valence-electron chi connectivity index (χ2n) is 7.13. The van der Waals surface area contributed by atoms with Gasteiger partial charge in [-0.25, -0.2) is 4.79 Å². The maximum atomic E-state index is 12.7. The number of fused-ring (bicyclic) bond motifs is 4. The van der Waals surface area contributed by atoms with E-state index in [4.69, 9.17) is 4.74 Å². The Bertz CT molecular complexity index is 733. The van der Waals surface area contributed by atoms with Crippen LogP contribution in [0.1, 0.15) is 19.3 Å². The van der Waals surface area contributed by atoms with Crippen molar-refractivity contribution in [1.82, 2.24) is 14.8 Å². The van der Waals surface area contributed by atoms with Crippen molar-refractivity contribution in [1.29, 1.82) is 0 Å². The normalized spacial score (nSPS) is 25.4. The lowest BCUT2D eigenvalue weighted by Crippen LogP contribution is -2.43. The molecule has 1 aromatic carbocycles. The number of nitrogens with zero attached hydrogens (tertiary/aromatic N) is 2. The summed E-state index contributed by atoms with van der Waals surface area (Å²) in [7, 11) is 1.66. The van der Waals surface area contributed by atoms with E-state index in [2.05, 4.69) is 10.2 Å². The van der Waals surface area contributed by atoms with Crippen LogP contribution in [0.3, 0.4) is 0 Å². The average Bonchev–Trinajstić information content (AvgIpc) is 2.96. The van der Waals surface area contributed by atoms with Crippen molar-refractivity contribution in [3.8, 4) is 16.9 Å². The number of carbonyl (C=O) groups excluding carboxylic acids is 1. The molecule has 2 aromatic rings. The number of hydrogen-bond donors (Lipinski definition) is 1. The maximum Gasteiger partial charge on any atom is 0.325 e. The van der Waals surface area contributed by atoms with Gasteiger partial charge in [-0.3, -0.25) is 4.57 Å². The Morgan fingerprint density at radius 2 is 2.00 bits per heavy atom. The zero-order valence-corrected chi connectivity index (χ0v) is 14.6. The number of piperidine rings is 1. The van der Waals surface area contributed by atoms with Crippen LogP contribution in [-0.4, -0.2) is 48.3 Å². The predicted molar refractivity (Wildman–Crippen MR) is 97.9 cm³/mol. The molecule has 25 heavy (non-hydrogen) atoms. The van der Waals surface area contributed by atoms with Gasteiger partial charge < -0.3 is 15.0 Å². The molecule has 1 unspecified atom stereocenters. The summed E-state index contributed by atoms with van der Waals surface area (Å²) >= 11 is 0. The first-order chi connectivity index (χ1) is 12.2. The van der Waals surface area contributed by atoms with Crippen LogP contribution in [0.25, 0.3) is 11.1 Å². The average molecular weight is 339 g/mol. The molecular weight excluding hydrogens is 314 g/mol. The largest absolute Gasteiger partial charge is 0.496 e. The highest BCUT2D eigenvalue weighted by atomic mass is 16.5. The number of rotatable bonds is 3. The molecule has 3 saturated heterocycles. The fraction of sp³-hybridized carbons (Fsp3) is 0.450. The third-order valence-corrected chi connectivity index (χ3v) is 5.48. The molecule has 0 radical (unpaired) electrons. The summed E-state index contributed by atoms with van der Waals surface area (Å²) in [4.78, 5) is 15.1. The lowest BCUT2D eigenvalue weighted by molar-refractivity contribution is 0.217. The zero-order valence-electron chi connectivity index (χ0n) is 14.6. The fourth-order valence-corrected chi connectivity index (χ4v) is 4.11. The number of aromatic nitrogens is 1. The smallest absolute Gasteiger partial charge is 0.325 e. The van der Waals surface area contributed by atoms with E-state index in [0.29, 0.717) is 0 Å². The molecule has 0 aliphatic carbocycles. The Balaban J connectivity index is 1.47. The number of hydrogen-bond acceptors (Lipinski definition) is 3. The molecule has 5 rings (SSSR count). The third-order valence-electron chi connectivity index (χ3n) is 5.48.